The van der Waals surface area contributed by atoms with Crippen LogP contribution in [0.25, 0.3) is 11.3 Å². The molecule has 0 aliphatic rings. The standard InChI is InChI=1S/C12H13N5O2/c1-19-9-4-2-8(3-5-9)10-7-14-17-11(15-10)6-12(18)16-13/h2-5,7H,6,13H2,1H3,(H,16,18). The monoisotopic (exact) mass is 259 g/mol. The number of amides is 1. The van der Waals surface area contributed by atoms with E-state index in [1.807, 2.05) is 29.7 Å². The highest BCUT2D eigenvalue weighted by Crippen LogP contribution is 2.19. The summed E-state index contributed by atoms with van der Waals surface area (Å²) in [6.07, 6.45) is 1.53. The molecule has 0 aliphatic carbocycles. The molecule has 1 heterocycles. The third kappa shape index (κ3) is 3.23. The second-order valence-corrected chi connectivity index (χ2v) is 3.73. The lowest BCUT2D eigenvalue weighted by Gasteiger charge is -2.04. The molecule has 0 saturated carbocycles. The molecule has 1 aromatic heterocycles. The first-order chi connectivity index (χ1) is 9.22. The van der Waals surface area contributed by atoms with Gasteiger partial charge in [0.05, 0.1) is 25.4 Å². The molecule has 0 atom stereocenters. The predicted molar refractivity (Wildman–Crippen MR) is 67.8 cm³/mol. The van der Waals surface area contributed by atoms with Gasteiger partial charge in [-0.05, 0) is 24.3 Å². The lowest BCUT2D eigenvalue weighted by molar-refractivity contribution is -0.120. The molecule has 0 fully saturated rings. The van der Waals surface area contributed by atoms with Crippen LogP contribution in [0, 0.1) is 0 Å². The van der Waals surface area contributed by atoms with Crippen molar-refractivity contribution in [1.29, 1.82) is 0 Å². The highest BCUT2D eigenvalue weighted by Gasteiger charge is 2.07. The van der Waals surface area contributed by atoms with Crippen LogP contribution in [0.1, 0.15) is 5.82 Å². The summed E-state index contributed by atoms with van der Waals surface area (Å²) in [5.41, 5.74) is 3.53. The van der Waals surface area contributed by atoms with Crippen molar-refractivity contribution in [2.45, 2.75) is 6.42 Å². The summed E-state index contributed by atoms with van der Waals surface area (Å²) in [6.45, 7) is 0. The largest absolute Gasteiger partial charge is 0.497 e. The van der Waals surface area contributed by atoms with E-state index in [-0.39, 0.29) is 12.3 Å². The number of hydrogen-bond donors (Lipinski definition) is 2. The maximum Gasteiger partial charge on any atom is 0.241 e. The fraction of sp³-hybridized carbons (Fsp3) is 0.167. The molecule has 1 amide bonds. The lowest BCUT2D eigenvalue weighted by Crippen LogP contribution is -2.32. The number of nitrogens with one attached hydrogen (secondary N) is 1. The van der Waals surface area contributed by atoms with Crippen molar-refractivity contribution < 1.29 is 9.53 Å². The van der Waals surface area contributed by atoms with Crippen LogP contribution in [-0.2, 0) is 11.2 Å². The van der Waals surface area contributed by atoms with E-state index >= 15 is 0 Å². The summed E-state index contributed by atoms with van der Waals surface area (Å²) in [5, 5.41) is 7.61. The van der Waals surface area contributed by atoms with E-state index in [0.717, 1.165) is 11.3 Å². The minimum absolute atomic E-state index is 0.00645. The fourth-order valence-corrected chi connectivity index (χ4v) is 1.51. The Balaban J connectivity index is 2.24. The first-order valence-electron chi connectivity index (χ1n) is 5.55. The predicted octanol–water partition coefficient (Wildman–Crippen LogP) is 0.0796. The maximum atomic E-state index is 11.2. The smallest absolute Gasteiger partial charge is 0.241 e. The zero-order valence-corrected chi connectivity index (χ0v) is 10.3. The van der Waals surface area contributed by atoms with E-state index in [1.165, 1.54) is 6.20 Å². The third-order valence-corrected chi connectivity index (χ3v) is 2.47. The Morgan fingerprint density at radius 2 is 2.11 bits per heavy atom. The molecular formula is C12H13N5O2. The highest BCUT2D eigenvalue weighted by molar-refractivity contribution is 5.77. The van der Waals surface area contributed by atoms with E-state index in [0.29, 0.717) is 11.5 Å². The number of hydrogen-bond acceptors (Lipinski definition) is 6. The van der Waals surface area contributed by atoms with Gasteiger partial charge in [-0.3, -0.25) is 10.2 Å². The molecule has 2 aromatic rings. The van der Waals surface area contributed by atoms with Crippen LogP contribution in [0.3, 0.4) is 0 Å². The Hall–Kier alpha value is -2.54. The first kappa shape index (κ1) is 12.9. The Bertz CT molecular complexity index is 571. The molecule has 1 aromatic carbocycles. The van der Waals surface area contributed by atoms with E-state index in [2.05, 4.69) is 15.2 Å². The number of carbonyl (C=O) groups excluding carboxylic acids is 1. The van der Waals surface area contributed by atoms with Gasteiger partial charge in [-0.15, -0.1) is 5.10 Å². The molecule has 7 nitrogen and oxygen atoms in total. The van der Waals surface area contributed by atoms with E-state index < -0.39 is 0 Å². The van der Waals surface area contributed by atoms with Gasteiger partial charge in [0.1, 0.15) is 5.75 Å². The van der Waals surface area contributed by atoms with E-state index in [1.54, 1.807) is 7.11 Å². The van der Waals surface area contributed by atoms with Gasteiger partial charge in [0.2, 0.25) is 5.91 Å². The molecule has 0 bridgehead atoms. The topological polar surface area (TPSA) is 103 Å². The highest BCUT2D eigenvalue weighted by atomic mass is 16.5. The Labute approximate surface area is 109 Å². The number of hydrazine groups is 1. The summed E-state index contributed by atoms with van der Waals surface area (Å²) in [4.78, 5) is 15.4. The molecule has 0 aliphatic heterocycles. The van der Waals surface area contributed by atoms with Gasteiger partial charge in [0.15, 0.2) is 5.82 Å². The van der Waals surface area contributed by atoms with Crippen LogP contribution in [0.2, 0.25) is 0 Å². The summed E-state index contributed by atoms with van der Waals surface area (Å²) in [6, 6.07) is 7.36. The number of aromatic nitrogens is 3. The molecule has 0 spiro atoms. The molecule has 3 N–H and O–H groups in total. The van der Waals surface area contributed by atoms with Crippen LogP contribution in [0.15, 0.2) is 30.5 Å². The van der Waals surface area contributed by atoms with Gasteiger partial charge in [-0.1, -0.05) is 0 Å². The molecule has 19 heavy (non-hydrogen) atoms. The quantitative estimate of drug-likeness (QED) is 0.458. The lowest BCUT2D eigenvalue weighted by atomic mass is 10.1. The first-order valence-corrected chi connectivity index (χ1v) is 5.55. The molecule has 7 heteroatoms. The maximum absolute atomic E-state index is 11.2. The third-order valence-electron chi connectivity index (χ3n) is 2.47. The average molecular weight is 259 g/mol. The van der Waals surface area contributed by atoms with Crippen LogP contribution < -0.4 is 16.0 Å². The van der Waals surface area contributed by atoms with Crippen molar-refractivity contribution in [3.8, 4) is 17.0 Å². The van der Waals surface area contributed by atoms with Crippen LogP contribution in [0.4, 0.5) is 0 Å². The van der Waals surface area contributed by atoms with Crippen LogP contribution in [0.5, 0.6) is 5.75 Å². The van der Waals surface area contributed by atoms with Crippen molar-refractivity contribution in [3.05, 3.63) is 36.3 Å². The number of ether oxygens (including phenoxy) is 1. The van der Waals surface area contributed by atoms with Crippen molar-refractivity contribution in [2.75, 3.05) is 7.11 Å². The second-order valence-electron chi connectivity index (χ2n) is 3.73. The number of rotatable bonds is 4. The molecular weight excluding hydrogens is 246 g/mol. The Morgan fingerprint density at radius 1 is 1.37 bits per heavy atom. The number of methoxy groups -OCH3 is 1. The Morgan fingerprint density at radius 3 is 2.74 bits per heavy atom. The van der Waals surface area contributed by atoms with E-state index in [4.69, 9.17) is 10.6 Å². The average Bonchev–Trinajstić information content (AvgIpc) is 2.47. The van der Waals surface area contributed by atoms with Gasteiger partial charge in [-0.2, -0.15) is 5.10 Å². The minimum atomic E-state index is -0.367. The van der Waals surface area contributed by atoms with Gasteiger partial charge >= 0.3 is 0 Å². The molecule has 2 rings (SSSR count). The van der Waals surface area contributed by atoms with Crippen molar-refractivity contribution >= 4 is 5.91 Å². The molecule has 0 radical (unpaired) electrons. The van der Waals surface area contributed by atoms with Gasteiger partial charge in [0, 0.05) is 5.56 Å². The van der Waals surface area contributed by atoms with Gasteiger partial charge in [-0.25, -0.2) is 10.8 Å². The van der Waals surface area contributed by atoms with E-state index in [9.17, 15) is 4.79 Å². The Kier molecular flexibility index (Phi) is 3.99. The molecule has 0 saturated heterocycles. The zero-order chi connectivity index (χ0) is 13.7. The van der Waals surface area contributed by atoms with Gasteiger partial charge in [0.25, 0.3) is 0 Å². The zero-order valence-electron chi connectivity index (χ0n) is 10.3. The fourth-order valence-electron chi connectivity index (χ4n) is 1.51. The SMILES string of the molecule is COc1ccc(-c2cnnc(CC(=O)NN)n2)cc1. The molecule has 0 unspecified atom stereocenters. The summed E-state index contributed by atoms with van der Waals surface area (Å²) >= 11 is 0. The van der Waals surface area contributed by atoms with Crippen molar-refractivity contribution in [3.63, 3.8) is 0 Å². The van der Waals surface area contributed by atoms with Gasteiger partial charge < -0.3 is 4.74 Å². The van der Waals surface area contributed by atoms with Crippen LogP contribution >= 0.6 is 0 Å². The number of carbonyl (C=O) groups is 1. The van der Waals surface area contributed by atoms with Crippen molar-refractivity contribution in [1.82, 2.24) is 20.6 Å². The second kappa shape index (κ2) is 5.87. The summed E-state index contributed by atoms with van der Waals surface area (Å²) < 4.78 is 5.08. The minimum Gasteiger partial charge on any atom is -0.497 e. The molecule has 98 valence electrons. The number of nitrogens with zero attached hydrogens (tertiary/aromatic N) is 3. The van der Waals surface area contributed by atoms with Crippen LogP contribution in [-0.4, -0.2) is 28.2 Å². The number of benzene rings is 1. The summed E-state index contributed by atoms with van der Waals surface area (Å²) in [5.74, 6) is 5.72. The van der Waals surface area contributed by atoms with Crippen molar-refractivity contribution in [2.24, 2.45) is 5.84 Å². The normalized spacial score (nSPS) is 10.0. The number of nitrogens with two attached hydrogens (primary N) is 1. The summed E-state index contributed by atoms with van der Waals surface area (Å²) in [7, 11) is 1.60.